The summed E-state index contributed by atoms with van der Waals surface area (Å²) in [4.78, 5) is 42.5. The van der Waals surface area contributed by atoms with Gasteiger partial charge in [0.2, 0.25) is 11.8 Å². The highest BCUT2D eigenvalue weighted by molar-refractivity contribution is 6.25. The molecule has 1 N–H and O–H groups in total. The summed E-state index contributed by atoms with van der Waals surface area (Å²) in [6.07, 6.45) is 0. The SMILES string of the molecule is COc1cccc(NC(=O)c2ccc(N3C(=O)[C@@H]4C5c6ccccc6C(c6ccccc65)[C@]4(C)C3=O)cc2)c1. The Morgan fingerprint density at radius 2 is 1.44 bits per heavy atom. The third-order valence-electron chi connectivity index (χ3n) is 8.73. The molecule has 3 amide bonds. The molecule has 0 unspecified atom stereocenters. The molecule has 0 aromatic heterocycles. The number of imide groups is 1. The molecule has 8 rings (SSSR count). The Kier molecular flexibility index (Phi) is 5.04. The number of carbonyl (C=O) groups excluding carboxylic acids is 3. The predicted octanol–water partition coefficient (Wildman–Crippen LogP) is 5.73. The molecule has 6 nitrogen and oxygen atoms in total. The Balaban J connectivity index is 1.23. The Morgan fingerprint density at radius 1 is 0.821 bits per heavy atom. The number of nitrogens with one attached hydrogen (secondary N) is 1. The van der Waals surface area contributed by atoms with Gasteiger partial charge < -0.3 is 10.1 Å². The lowest BCUT2D eigenvalue weighted by Gasteiger charge is -2.51. The molecule has 0 spiro atoms. The van der Waals surface area contributed by atoms with E-state index in [-0.39, 0.29) is 29.6 Å². The predicted molar refractivity (Wildman–Crippen MR) is 148 cm³/mol. The largest absolute Gasteiger partial charge is 0.497 e. The van der Waals surface area contributed by atoms with E-state index in [4.69, 9.17) is 4.74 Å². The van der Waals surface area contributed by atoms with Crippen LogP contribution in [0.3, 0.4) is 0 Å². The average molecular weight is 515 g/mol. The second kappa shape index (κ2) is 8.40. The van der Waals surface area contributed by atoms with Gasteiger partial charge in [-0.2, -0.15) is 0 Å². The lowest BCUT2D eigenvalue weighted by atomic mass is 9.48. The summed E-state index contributed by atoms with van der Waals surface area (Å²) >= 11 is 0. The van der Waals surface area contributed by atoms with Gasteiger partial charge in [-0.15, -0.1) is 0 Å². The summed E-state index contributed by atoms with van der Waals surface area (Å²) in [5.41, 5.74) is 5.15. The summed E-state index contributed by atoms with van der Waals surface area (Å²) in [6.45, 7) is 1.96. The molecule has 192 valence electrons. The van der Waals surface area contributed by atoms with Crippen molar-refractivity contribution >= 4 is 29.1 Å². The summed E-state index contributed by atoms with van der Waals surface area (Å²) in [5.74, 6) is -0.895. The Labute approximate surface area is 226 Å². The molecule has 3 aliphatic carbocycles. The number of hydrogen-bond acceptors (Lipinski definition) is 4. The second-order valence-corrected chi connectivity index (χ2v) is 10.6. The number of rotatable bonds is 4. The fraction of sp³-hybridized carbons (Fsp3) is 0.182. The molecule has 2 atom stereocenters. The first-order valence-corrected chi connectivity index (χ1v) is 13.0. The van der Waals surface area contributed by atoms with Gasteiger partial charge in [0, 0.05) is 29.2 Å². The maximum absolute atomic E-state index is 14.2. The molecule has 1 saturated heterocycles. The molecule has 1 aliphatic heterocycles. The van der Waals surface area contributed by atoms with Crippen molar-refractivity contribution in [3.63, 3.8) is 0 Å². The highest BCUT2D eigenvalue weighted by Crippen LogP contribution is 2.67. The molecule has 39 heavy (non-hydrogen) atoms. The van der Waals surface area contributed by atoms with E-state index in [1.807, 2.05) is 31.2 Å². The minimum absolute atomic E-state index is 0.179. The quantitative estimate of drug-likeness (QED) is 0.353. The smallest absolute Gasteiger partial charge is 0.255 e. The monoisotopic (exact) mass is 514 g/mol. The first-order chi connectivity index (χ1) is 18.9. The van der Waals surface area contributed by atoms with Crippen molar-refractivity contribution in [1.82, 2.24) is 0 Å². The molecule has 4 aromatic rings. The van der Waals surface area contributed by atoms with E-state index in [0.717, 1.165) is 22.3 Å². The lowest BCUT2D eigenvalue weighted by Crippen LogP contribution is -2.49. The maximum atomic E-state index is 14.2. The van der Waals surface area contributed by atoms with Crippen LogP contribution in [0, 0.1) is 11.3 Å². The number of amides is 3. The van der Waals surface area contributed by atoms with Crippen molar-refractivity contribution in [3.05, 3.63) is 125 Å². The highest BCUT2D eigenvalue weighted by atomic mass is 16.5. The van der Waals surface area contributed by atoms with Crippen LogP contribution >= 0.6 is 0 Å². The van der Waals surface area contributed by atoms with E-state index < -0.39 is 11.3 Å². The highest BCUT2D eigenvalue weighted by Gasteiger charge is 2.68. The molecule has 1 fully saturated rings. The summed E-state index contributed by atoms with van der Waals surface area (Å²) in [7, 11) is 1.57. The van der Waals surface area contributed by atoms with Crippen molar-refractivity contribution < 1.29 is 19.1 Å². The Morgan fingerprint density at radius 3 is 2.05 bits per heavy atom. The van der Waals surface area contributed by atoms with Crippen LogP contribution in [-0.2, 0) is 9.59 Å². The standard InChI is InChI=1S/C33H26N2O4/c1-33-28-25-12-5-3-10-23(25)27(24-11-4-6-13-26(24)28)29(33)31(37)35(32(33)38)21-16-14-19(15-17-21)30(36)34-20-8-7-9-22(18-20)39-2/h3-18,27-29H,1-2H3,(H,34,36)/t27?,28?,29-,33-/m0/s1. The van der Waals surface area contributed by atoms with Gasteiger partial charge in [-0.25, -0.2) is 4.90 Å². The van der Waals surface area contributed by atoms with Crippen LogP contribution in [0.15, 0.2) is 97.1 Å². The van der Waals surface area contributed by atoms with E-state index in [9.17, 15) is 14.4 Å². The number of hydrogen-bond donors (Lipinski definition) is 1. The number of anilines is 2. The Bertz CT molecular complexity index is 1630. The molecule has 4 aliphatic rings. The first kappa shape index (κ1) is 23.4. The molecular formula is C33H26N2O4. The van der Waals surface area contributed by atoms with Crippen LogP contribution in [-0.4, -0.2) is 24.8 Å². The number of ether oxygens (including phenoxy) is 1. The third-order valence-corrected chi connectivity index (χ3v) is 8.73. The van der Waals surface area contributed by atoms with Crippen LogP contribution in [0.4, 0.5) is 11.4 Å². The molecule has 4 aromatic carbocycles. The van der Waals surface area contributed by atoms with Gasteiger partial charge in [-0.05, 0) is 65.6 Å². The summed E-state index contributed by atoms with van der Waals surface area (Å²) in [5, 5.41) is 2.86. The van der Waals surface area contributed by atoms with Gasteiger partial charge in [-0.3, -0.25) is 14.4 Å². The van der Waals surface area contributed by atoms with Gasteiger partial charge in [0.1, 0.15) is 5.75 Å². The third kappa shape index (κ3) is 3.18. The topological polar surface area (TPSA) is 75.7 Å². The van der Waals surface area contributed by atoms with Crippen molar-refractivity contribution in [2.45, 2.75) is 18.8 Å². The molecule has 0 saturated carbocycles. The lowest BCUT2D eigenvalue weighted by molar-refractivity contribution is -0.128. The van der Waals surface area contributed by atoms with E-state index >= 15 is 0 Å². The van der Waals surface area contributed by atoms with Crippen LogP contribution < -0.4 is 15.0 Å². The molecule has 2 bridgehead atoms. The minimum Gasteiger partial charge on any atom is -0.497 e. The minimum atomic E-state index is -0.896. The van der Waals surface area contributed by atoms with Crippen molar-refractivity contribution in [1.29, 1.82) is 0 Å². The average Bonchev–Trinajstić information content (AvgIpc) is 3.18. The van der Waals surface area contributed by atoms with Gasteiger partial charge in [0.15, 0.2) is 0 Å². The van der Waals surface area contributed by atoms with E-state index in [0.29, 0.717) is 22.7 Å². The second-order valence-electron chi connectivity index (χ2n) is 10.6. The normalized spacial score (nSPS) is 24.2. The zero-order chi connectivity index (χ0) is 26.9. The Hall–Kier alpha value is -4.71. The van der Waals surface area contributed by atoms with E-state index in [1.54, 1.807) is 55.6 Å². The van der Waals surface area contributed by atoms with Crippen LogP contribution in [0.1, 0.15) is 51.4 Å². The summed E-state index contributed by atoms with van der Waals surface area (Å²) in [6, 6.07) is 30.2. The molecule has 6 heteroatoms. The van der Waals surface area contributed by atoms with Gasteiger partial charge in [0.05, 0.1) is 24.1 Å². The molecular weight excluding hydrogens is 488 g/mol. The summed E-state index contributed by atoms with van der Waals surface area (Å²) < 4.78 is 5.22. The van der Waals surface area contributed by atoms with Crippen molar-refractivity contribution in [2.24, 2.45) is 11.3 Å². The first-order valence-electron chi connectivity index (χ1n) is 13.0. The van der Waals surface area contributed by atoms with Gasteiger partial charge in [0.25, 0.3) is 5.91 Å². The van der Waals surface area contributed by atoms with Crippen LogP contribution in [0.2, 0.25) is 0 Å². The van der Waals surface area contributed by atoms with Crippen molar-refractivity contribution in [3.8, 4) is 5.75 Å². The zero-order valence-corrected chi connectivity index (χ0v) is 21.5. The van der Waals surface area contributed by atoms with Crippen LogP contribution in [0.25, 0.3) is 0 Å². The fourth-order valence-corrected chi connectivity index (χ4v) is 7.03. The number of benzene rings is 4. The van der Waals surface area contributed by atoms with Gasteiger partial charge in [-0.1, -0.05) is 54.6 Å². The van der Waals surface area contributed by atoms with E-state index in [2.05, 4.69) is 29.6 Å². The molecule has 0 radical (unpaired) electrons. The van der Waals surface area contributed by atoms with E-state index in [1.165, 1.54) is 4.90 Å². The number of carbonyl (C=O) groups is 3. The van der Waals surface area contributed by atoms with Gasteiger partial charge >= 0.3 is 0 Å². The zero-order valence-electron chi connectivity index (χ0n) is 21.5. The van der Waals surface area contributed by atoms with Crippen molar-refractivity contribution in [2.75, 3.05) is 17.3 Å². The number of nitrogens with zero attached hydrogens (tertiary/aromatic N) is 1. The number of methoxy groups -OCH3 is 1. The molecule has 1 heterocycles. The van der Waals surface area contributed by atoms with Crippen LogP contribution in [0.5, 0.6) is 5.75 Å². The fourth-order valence-electron chi connectivity index (χ4n) is 7.03. The maximum Gasteiger partial charge on any atom is 0.255 e.